The number of amides is 2. The number of nitrogens with one attached hydrogen (secondary N) is 1. The first kappa shape index (κ1) is 25.6. The Morgan fingerprint density at radius 3 is 2.19 bits per heavy atom. The molecule has 4 nitrogen and oxygen atoms in total. The van der Waals surface area contributed by atoms with Gasteiger partial charge in [0.1, 0.15) is 5.82 Å². The lowest BCUT2D eigenvalue weighted by atomic mass is 10.1. The van der Waals surface area contributed by atoms with Gasteiger partial charge in [-0.25, -0.2) is 4.39 Å². The minimum absolute atomic E-state index is 0.0809. The predicted molar refractivity (Wildman–Crippen MR) is 146 cm³/mol. The SMILES string of the molecule is CC(NC(=O)Cc1ccc(N(Cc2cccc(F)c2)C(=O)/C=C/c2ccccc2)cc1)c1ccccc1. The van der Waals surface area contributed by atoms with Crippen molar-refractivity contribution in [2.24, 2.45) is 0 Å². The van der Waals surface area contributed by atoms with Gasteiger partial charge in [-0.3, -0.25) is 9.59 Å². The quantitative estimate of drug-likeness (QED) is 0.272. The highest BCUT2D eigenvalue weighted by Gasteiger charge is 2.16. The Balaban J connectivity index is 1.48. The zero-order chi connectivity index (χ0) is 26.0. The highest BCUT2D eigenvalue weighted by atomic mass is 19.1. The lowest BCUT2D eigenvalue weighted by Gasteiger charge is -2.22. The third-order valence-corrected chi connectivity index (χ3v) is 6.00. The second-order valence-electron chi connectivity index (χ2n) is 8.84. The first-order chi connectivity index (χ1) is 18.0. The second kappa shape index (κ2) is 12.5. The van der Waals surface area contributed by atoms with Crippen LogP contribution in [-0.4, -0.2) is 11.8 Å². The van der Waals surface area contributed by atoms with E-state index in [2.05, 4.69) is 5.32 Å². The Morgan fingerprint density at radius 2 is 1.51 bits per heavy atom. The number of anilines is 1. The van der Waals surface area contributed by atoms with Crippen molar-refractivity contribution >= 4 is 23.6 Å². The van der Waals surface area contributed by atoms with Crippen molar-refractivity contribution in [2.45, 2.75) is 25.9 Å². The molecule has 0 radical (unpaired) electrons. The van der Waals surface area contributed by atoms with Crippen molar-refractivity contribution in [3.63, 3.8) is 0 Å². The van der Waals surface area contributed by atoms with Gasteiger partial charge in [0.2, 0.25) is 5.91 Å². The lowest BCUT2D eigenvalue weighted by molar-refractivity contribution is -0.121. The zero-order valence-corrected chi connectivity index (χ0v) is 20.7. The van der Waals surface area contributed by atoms with Crippen molar-refractivity contribution in [3.05, 3.63) is 143 Å². The van der Waals surface area contributed by atoms with E-state index >= 15 is 0 Å². The highest BCUT2D eigenvalue weighted by molar-refractivity contribution is 6.03. The van der Waals surface area contributed by atoms with Crippen LogP contribution in [0.3, 0.4) is 0 Å². The minimum atomic E-state index is -0.351. The maximum Gasteiger partial charge on any atom is 0.251 e. The first-order valence-corrected chi connectivity index (χ1v) is 12.2. The molecular weight excluding hydrogens is 463 g/mol. The Morgan fingerprint density at radius 1 is 0.838 bits per heavy atom. The van der Waals surface area contributed by atoms with Gasteiger partial charge in [0.15, 0.2) is 0 Å². The van der Waals surface area contributed by atoms with E-state index in [1.165, 1.54) is 18.2 Å². The maximum atomic E-state index is 13.8. The fraction of sp³-hybridized carbons (Fsp3) is 0.125. The Hall–Kier alpha value is -4.51. The van der Waals surface area contributed by atoms with E-state index in [-0.39, 0.29) is 36.6 Å². The first-order valence-electron chi connectivity index (χ1n) is 12.2. The number of rotatable bonds is 9. The molecule has 4 aromatic carbocycles. The number of benzene rings is 4. The second-order valence-corrected chi connectivity index (χ2v) is 8.84. The Bertz CT molecular complexity index is 1350. The highest BCUT2D eigenvalue weighted by Crippen LogP contribution is 2.21. The van der Waals surface area contributed by atoms with Crippen LogP contribution in [0.5, 0.6) is 0 Å². The average Bonchev–Trinajstić information content (AvgIpc) is 2.92. The van der Waals surface area contributed by atoms with Crippen LogP contribution in [0.4, 0.5) is 10.1 Å². The minimum Gasteiger partial charge on any atom is -0.349 e. The van der Waals surface area contributed by atoms with E-state index in [1.54, 1.807) is 23.1 Å². The van der Waals surface area contributed by atoms with Crippen LogP contribution in [0.25, 0.3) is 6.08 Å². The summed E-state index contributed by atoms with van der Waals surface area (Å²) in [7, 11) is 0. The number of hydrogen-bond donors (Lipinski definition) is 1. The molecule has 0 aliphatic carbocycles. The summed E-state index contributed by atoms with van der Waals surface area (Å²) in [6.07, 6.45) is 3.50. The average molecular weight is 493 g/mol. The molecule has 186 valence electrons. The van der Waals surface area contributed by atoms with Crippen molar-refractivity contribution in [1.29, 1.82) is 0 Å². The van der Waals surface area contributed by atoms with Crippen LogP contribution in [0, 0.1) is 5.82 Å². The molecule has 0 heterocycles. The fourth-order valence-corrected chi connectivity index (χ4v) is 4.03. The van der Waals surface area contributed by atoms with E-state index in [9.17, 15) is 14.0 Å². The van der Waals surface area contributed by atoms with Gasteiger partial charge in [-0.1, -0.05) is 84.9 Å². The van der Waals surface area contributed by atoms with Gasteiger partial charge in [0.25, 0.3) is 5.91 Å². The van der Waals surface area contributed by atoms with Gasteiger partial charge >= 0.3 is 0 Å². The summed E-state index contributed by atoms with van der Waals surface area (Å²) in [6, 6.07) is 32.8. The van der Waals surface area contributed by atoms with E-state index < -0.39 is 0 Å². The molecule has 1 atom stereocenters. The molecule has 0 fully saturated rings. The number of carbonyl (C=O) groups excluding carboxylic acids is 2. The van der Waals surface area contributed by atoms with Gasteiger partial charge in [-0.15, -0.1) is 0 Å². The summed E-state index contributed by atoms with van der Waals surface area (Å²) in [5.74, 6) is -0.659. The van der Waals surface area contributed by atoms with E-state index in [0.29, 0.717) is 11.3 Å². The zero-order valence-electron chi connectivity index (χ0n) is 20.7. The fourth-order valence-electron chi connectivity index (χ4n) is 4.03. The van der Waals surface area contributed by atoms with Crippen LogP contribution < -0.4 is 10.2 Å². The third-order valence-electron chi connectivity index (χ3n) is 6.00. The van der Waals surface area contributed by atoms with Gasteiger partial charge in [-0.2, -0.15) is 0 Å². The smallest absolute Gasteiger partial charge is 0.251 e. The van der Waals surface area contributed by atoms with Gasteiger partial charge in [0.05, 0.1) is 19.0 Å². The summed E-state index contributed by atoms with van der Waals surface area (Å²) in [5.41, 5.74) is 4.13. The van der Waals surface area contributed by atoms with Crippen LogP contribution in [0.1, 0.15) is 35.2 Å². The monoisotopic (exact) mass is 492 g/mol. The number of carbonyl (C=O) groups is 2. The molecule has 0 aliphatic rings. The topological polar surface area (TPSA) is 49.4 Å². The molecule has 2 amide bonds. The summed E-state index contributed by atoms with van der Waals surface area (Å²) < 4.78 is 13.8. The summed E-state index contributed by atoms with van der Waals surface area (Å²) in [5, 5.41) is 3.02. The van der Waals surface area contributed by atoms with Crippen LogP contribution in [-0.2, 0) is 22.6 Å². The molecule has 0 saturated heterocycles. The summed E-state index contributed by atoms with van der Waals surface area (Å²) >= 11 is 0. The molecule has 4 aromatic rings. The van der Waals surface area contributed by atoms with E-state index in [1.807, 2.05) is 91.9 Å². The largest absolute Gasteiger partial charge is 0.349 e. The number of hydrogen-bond acceptors (Lipinski definition) is 2. The van der Waals surface area contributed by atoms with Gasteiger partial charge in [-0.05, 0) is 59.5 Å². The van der Waals surface area contributed by atoms with E-state index in [0.717, 1.165) is 16.7 Å². The molecular formula is C32H29FN2O2. The molecule has 5 heteroatoms. The van der Waals surface area contributed by atoms with Crippen LogP contribution >= 0.6 is 0 Å². The molecule has 0 spiro atoms. The third kappa shape index (κ3) is 7.48. The number of halogens is 1. The van der Waals surface area contributed by atoms with Crippen molar-refractivity contribution in [1.82, 2.24) is 5.32 Å². The van der Waals surface area contributed by atoms with E-state index in [4.69, 9.17) is 0 Å². The Labute approximate surface area is 217 Å². The molecule has 0 aliphatic heterocycles. The molecule has 4 rings (SSSR count). The van der Waals surface area contributed by atoms with Crippen LogP contribution in [0.15, 0.2) is 115 Å². The van der Waals surface area contributed by atoms with Gasteiger partial charge in [0, 0.05) is 11.8 Å². The molecule has 1 unspecified atom stereocenters. The molecule has 0 aromatic heterocycles. The Kier molecular flexibility index (Phi) is 8.61. The van der Waals surface area contributed by atoms with Crippen molar-refractivity contribution in [2.75, 3.05) is 4.90 Å². The van der Waals surface area contributed by atoms with Crippen molar-refractivity contribution < 1.29 is 14.0 Å². The lowest BCUT2D eigenvalue weighted by Crippen LogP contribution is -2.29. The summed E-state index contributed by atoms with van der Waals surface area (Å²) in [6.45, 7) is 2.17. The van der Waals surface area contributed by atoms with Gasteiger partial charge < -0.3 is 10.2 Å². The van der Waals surface area contributed by atoms with Crippen molar-refractivity contribution in [3.8, 4) is 0 Å². The molecule has 0 saturated carbocycles. The molecule has 1 N–H and O–H groups in total. The van der Waals surface area contributed by atoms with Crippen LogP contribution in [0.2, 0.25) is 0 Å². The predicted octanol–water partition coefficient (Wildman–Crippen LogP) is 6.49. The normalized spacial score (nSPS) is 11.7. The molecule has 0 bridgehead atoms. The summed E-state index contributed by atoms with van der Waals surface area (Å²) in [4.78, 5) is 27.4. The number of nitrogens with zero attached hydrogens (tertiary/aromatic N) is 1. The maximum absolute atomic E-state index is 13.8. The standard InChI is InChI=1S/C32H29FN2O2/c1-24(28-12-6-3-7-13-28)34-31(36)22-26-15-18-30(19-16-26)35(23-27-11-8-14-29(33)21-27)32(37)20-17-25-9-4-2-5-10-25/h2-21,24H,22-23H2,1H3,(H,34,36)/b20-17+. The molecule has 37 heavy (non-hydrogen) atoms.